The Hall–Kier alpha value is -2.58. The number of alkyl halides is 3. The molecule has 2 aromatic rings. The van der Waals surface area contributed by atoms with Gasteiger partial charge in [-0.05, 0) is 36.8 Å². The summed E-state index contributed by atoms with van der Waals surface area (Å²) in [5, 5.41) is 5.94. The Morgan fingerprint density at radius 1 is 1.24 bits per heavy atom. The minimum atomic E-state index is -4.76. The van der Waals surface area contributed by atoms with Crippen molar-refractivity contribution in [2.45, 2.75) is 31.6 Å². The first-order valence-electron chi connectivity index (χ1n) is 8.93. The third kappa shape index (κ3) is 4.89. The van der Waals surface area contributed by atoms with Gasteiger partial charge in [-0.1, -0.05) is 35.9 Å². The molecular weight excluding hydrogens is 407 g/mol. The maximum Gasteiger partial charge on any atom is 0.409 e. The molecule has 1 heterocycles. The summed E-state index contributed by atoms with van der Waals surface area (Å²) in [6.45, 7) is 1.46. The molecule has 9 heteroatoms. The second-order valence-corrected chi connectivity index (χ2v) is 7.18. The van der Waals surface area contributed by atoms with Crippen LogP contribution in [0.15, 0.2) is 48.5 Å². The maximum atomic E-state index is 13.7. The number of benzene rings is 2. The van der Waals surface area contributed by atoms with Crippen molar-refractivity contribution in [3.63, 3.8) is 0 Å². The Bertz CT molecular complexity index is 903. The van der Waals surface area contributed by atoms with Gasteiger partial charge in [-0.25, -0.2) is 0 Å². The molecule has 0 saturated carbocycles. The molecule has 0 saturated heterocycles. The number of amides is 2. The van der Waals surface area contributed by atoms with Crippen molar-refractivity contribution in [3.05, 3.63) is 59.1 Å². The first-order chi connectivity index (χ1) is 13.7. The van der Waals surface area contributed by atoms with Crippen molar-refractivity contribution in [2.24, 2.45) is 0 Å². The standard InChI is InChI=1S/C20H19ClF3N3O2/c1-12(13-6-8-14(21)9-7-13)25-11-19(29)27-16-5-3-2-4-15(16)26-18(28)10-17(27)20(22,23)24/h2-9,12,17,25H,10-11H2,1H3,(H,26,28)/t12-,17-/m0/s1. The van der Waals surface area contributed by atoms with Crippen LogP contribution in [-0.4, -0.2) is 30.6 Å². The average Bonchev–Trinajstić information content (AvgIpc) is 2.82. The van der Waals surface area contributed by atoms with Crippen molar-refractivity contribution in [3.8, 4) is 0 Å². The fourth-order valence-corrected chi connectivity index (χ4v) is 3.32. The van der Waals surface area contributed by atoms with Gasteiger partial charge in [0.05, 0.1) is 24.3 Å². The van der Waals surface area contributed by atoms with Crippen LogP contribution in [-0.2, 0) is 9.59 Å². The first-order valence-corrected chi connectivity index (χ1v) is 9.31. The highest BCUT2D eigenvalue weighted by Gasteiger charge is 2.48. The van der Waals surface area contributed by atoms with Crippen LogP contribution in [0.4, 0.5) is 24.5 Å². The predicted octanol–water partition coefficient (Wildman–Crippen LogP) is 4.30. The van der Waals surface area contributed by atoms with Crippen molar-refractivity contribution >= 4 is 34.8 Å². The van der Waals surface area contributed by atoms with Gasteiger partial charge in [-0.2, -0.15) is 13.2 Å². The molecule has 154 valence electrons. The van der Waals surface area contributed by atoms with E-state index in [1.165, 1.54) is 18.2 Å². The summed E-state index contributed by atoms with van der Waals surface area (Å²) < 4.78 is 41.1. The Kier molecular flexibility index (Phi) is 6.14. The van der Waals surface area contributed by atoms with E-state index in [1.54, 1.807) is 37.3 Å². The van der Waals surface area contributed by atoms with Gasteiger partial charge >= 0.3 is 6.18 Å². The van der Waals surface area contributed by atoms with E-state index in [0.717, 1.165) is 5.56 Å². The molecule has 3 rings (SSSR count). The number of para-hydroxylation sites is 2. The van der Waals surface area contributed by atoms with E-state index in [0.29, 0.717) is 9.92 Å². The van der Waals surface area contributed by atoms with E-state index in [1.807, 2.05) is 0 Å². The van der Waals surface area contributed by atoms with Gasteiger partial charge in [-0.15, -0.1) is 0 Å². The molecule has 0 unspecified atom stereocenters. The maximum absolute atomic E-state index is 13.7. The number of hydrogen-bond donors (Lipinski definition) is 2. The molecule has 0 radical (unpaired) electrons. The van der Waals surface area contributed by atoms with Gasteiger partial charge in [0.25, 0.3) is 0 Å². The van der Waals surface area contributed by atoms with Crippen LogP contribution in [0.25, 0.3) is 0 Å². The number of fused-ring (bicyclic) bond motifs is 1. The molecule has 0 aliphatic carbocycles. The summed E-state index contributed by atoms with van der Waals surface area (Å²) in [5.41, 5.74) is 1.03. The number of nitrogens with one attached hydrogen (secondary N) is 2. The van der Waals surface area contributed by atoms with E-state index in [-0.39, 0.29) is 24.0 Å². The number of halogens is 4. The molecule has 1 aliphatic rings. The largest absolute Gasteiger partial charge is 0.409 e. The molecule has 5 nitrogen and oxygen atoms in total. The molecule has 0 fully saturated rings. The third-order valence-corrected chi connectivity index (χ3v) is 4.96. The fraction of sp³-hybridized carbons (Fsp3) is 0.300. The second-order valence-electron chi connectivity index (χ2n) is 6.74. The van der Waals surface area contributed by atoms with Crippen molar-refractivity contribution in [1.29, 1.82) is 0 Å². The quantitative estimate of drug-likeness (QED) is 0.768. The third-order valence-electron chi connectivity index (χ3n) is 4.70. The SMILES string of the molecule is C[C@H](NCC(=O)N1c2ccccc2NC(=O)C[C@H]1C(F)(F)F)c1ccc(Cl)cc1. The van der Waals surface area contributed by atoms with Crippen molar-refractivity contribution < 1.29 is 22.8 Å². The Morgan fingerprint density at radius 2 is 1.90 bits per heavy atom. The van der Waals surface area contributed by atoms with Crippen molar-refractivity contribution in [2.75, 3.05) is 16.8 Å². The van der Waals surface area contributed by atoms with E-state index in [9.17, 15) is 22.8 Å². The Labute approximate surface area is 170 Å². The topological polar surface area (TPSA) is 61.4 Å². The zero-order valence-corrected chi connectivity index (χ0v) is 16.2. The highest BCUT2D eigenvalue weighted by molar-refractivity contribution is 6.30. The lowest BCUT2D eigenvalue weighted by Gasteiger charge is -2.32. The second kappa shape index (κ2) is 8.42. The average molecular weight is 426 g/mol. The van der Waals surface area contributed by atoms with Crippen LogP contribution in [0.3, 0.4) is 0 Å². The van der Waals surface area contributed by atoms with Gasteiger partial charge < -0.3 is 10.6 Å². The summed E-state index contributed by atoms with van der Waals surface area (Å²) in [6, 6.07) is 10.4. The number of carbonyl (C=O) groups is 2. The van der Waals surface area contributed by atoms with E-state index < -0.39 is 30.5 Å². The van der Waals surface area contributed by atoms with Gasteiger partial charge in [0.2, 0.25) is 11.8 Å². The highest BCUT2D eigenvalue weighted by Crippen LogP contribution is 2.37. The zero-order chi connectivity index (χ0) is 21.2. The smallest absolute Gasteiger partial charge is 0.324 e. The molecule has 29 heavy (non-hydrogen) atoms. The van der Waals surface area contributed by atoms with E-state index >= 15 is 0 Å². The Morgan fingerprint density at radius 3 is 2.55 bits per heavy atom. The predicted molar refractivity (Wildman–Crippen MR) is 105 cm³/mol. The molecule has 0 bridgehead atoms. The molecule has 2 N–H and O–H groups in total. The normalized spacial score (nSPS) is 17.9. The highest BCUT2D eigenvalue weighted by atomic mass is 35.5. The van der Waals surface area contributed by atoms with Gasteiger partial charge in [0.15, 0.2) is 0 Å². The molecule has 2 amide bonds. The van der Waals surface area contributed by atoms with Crippen LogP contribution >= 0.6 is 11.6 Å². The lowest BCUT2D eigenvalue weighted by molar-refractivity contribution is -0.157. The van der Waals surface area contributed by atoms with Crippen LogP contribution in [0, 0.1) is 0 Å². The van der Waals surface area contributed by atoms with Crippen LogP contribution < -0.4 is 15.5 Å². The lowest BCUT2D eigenvalue weighted by Crippen LogP contribution is -2.52. The minimum absolute atomic E-state index is 0.0200. The molecule has 1 aliphatic heterocycles. The van der Waals surface area contributed by atoms with E-state index in [4.69, 9.17) is 11.6 Å². The number of hydrogen-bond acceptors (Lipinski definition) is 3. The monoisotopic (exact) mass is 425 g/mol. The van der Waals surface area contributed by atoms with E-state index in [2.05, 4.69) is 10.6 Å². The minimum Gasteiger partial charge on any atom is -0.324 e. The molecule has 0 spiro atoms. The summed E-state index contributed by atoms with van der Waals surface area (Å²) in [4.78, 5) is 25.5. The summed E-state index contributed by atoms with van der Waals surface area (Å²) in [7, 11) is 0. The molecular formula is C20H19ClF3N3O2. The van der Waals surface area contributed by atoms with Crippen molar-refractivity contribution in [1.82, 2.24) is 5.32 Å². The lowest BCUT2D eigenvalue weighted by atomic mass is 10.1. The summed E-state index contributed by atoms with van der Waals surface area (Å²) >= 11 is 5.86. The number of nitrogens with zero attached hydrogens (tertiary/aromatic N) is 1. The molecule has 0 aromatic heterocycles. The molecule has 2 aromatic carbocycles. The van der Waals surface area contributed by atoms with Crippen LogP contribution in [0.5, 0.6) is 0 Å². The van der Waals surface area contributed by atoms with Gasteiger partial charge in [0, 0.05) is 11.1 Å². The summed E-state index contributed by atoms with van der Waals surface area (Å²) in [6.07, 6.45) is -5.62. The van der Waals surface area contributed by atoms with Gasteiger partial charge in [0.1, 0.15) is 6.04 Å². The van der Waals surface area contributed by atoms with Gasteiger partial charge in [-0.3, -0.25) is 14.5 Å². The summed E-state index contributed by atoms with van der Waals surface area (Å²) in [5.74, 6) is -1.57. The van der Waals surface area contributed by atoms with Crippen LogP contribution in [0.1, 0.15) is 24.9 Å². The first kappa shape index (κ1) is 21.1. The number of rotatable bonds is 4. The fourth-order valence-electron chi connectivity index (χ4n) is 3.19. The number of carbonyl (C=O) groups excluding carboxylic acids is 2. The number of anilines is 2. The Balaban J connectivity index is 1.85. The van der Waals surface area contributed by atoms with Crippen LogP contribution in [0.2, 0.25) is 5.02 Å². The molecule has 2 atom stereocenters. The zero-order valence-electron chi connectivity index (χ0n) is 15.5.